The van der Waals surface area contributed by atoms with E-state index in [4.69, 9.17) is 0 Å². The van der Waals surface area contributed by atoms with Crippen molar-refractivity contribution < 1.29 is 0 Å². The summed E-state index contributed by atoms with van der Waals surface area (Å²) >= 11 is 0. The SMILES string of the molecule is Cc1cccc2c1=CCCCCCC=2. The molecular formula is C14H18. The van der Waals surface area contributed by atoms with Crippen molar-refractivity contribution in [1.82, 2.24) is 0 Å². The third-order valence-electron chi connectivity index (χ3n) is 2.98. The van der Waals surface area contributed by atoms with Gasteiger partial charge in [-0.15, -0.1) is 0 Å². The van der Waals surface area contributed by atoms with E-state index in [-0.39, 0.29) is 0 Å². The Morgan fingerprint density at radius 2 is 1.71 bits per heavy atom. The first-order chi connectivity index (χ1) is 6.88. The van der Waals surface area contributed by atoms with Crippen molar-refractivity contribution in [1.29, 1.82) is 0 Å². The lowest BCUT2D eigenvalue weighted by atomic mass is 10.1. The minimum absolute atomic E-state index is 1.24. The van der Waals surface area contributed by atoms with Crippen LogP contribution in [0.1, 0.15) is 37.7 Å². The van der Waals surface area contributed by atoms with Gasteiger partial charge >= 0.3 is 0 Å². The Kier molecular flexibility index (Phi) is 3.03. The topological polar surface area (TPSA) is 0 Å². The predicted octanol–water partition coefficient (Wildman–Crippen LogP) is 2.52. The molecular weight excluding hydrogens is 168 g/mol. The second-order valence-corrected chi connectivity index (χ2v) is 4.12. The maximum atomic E-state index is 2.41. The van der Waals surface area contributed by atoms with E-state index in [1.54, 1.807) is 0 Å². The molecule has 0 radical (unpaired) electrons. The van der Waals surface area contributed by atoms with Crippen LogP contribution in [0.4, 0.5) is 0 Å². The van der Waals surface area contributed by atoms with Crippen LogP contribution in [0.25, 0.3) is 12.2 Å². The zero-order chi connectivity index (χ0) is 9.80. The smallest absolute Gasteiger partial charge is 0.0198 e. The van der Waals surface area contributed by atoms with E-state index in [9.17, 15) is 0 Å². The molecule has 0 heterocycles. The number of rotatable bonds is 0. The van der Waals surface area contributed by atoms with Crippen molar-refractivity contribution in [3.63, 3.8) is 0 Å². The maximum absolute atomic E-state index is 2.41. The number of hydrogen-bond donors (Lipinski definition) is 0. The fraction of sp³-hybridized carbons (Fsp3) is 0.429. The van der Waals surface area contributed by atoms with Gasteiger partial charge in [-0.25, -0.2) is 0 Å². The molecule has 0 saturated carbocycles. The molecule has 1 aromatic carbocycles. The first-order valence-electron chi connectivity index (χ1n) is 5.64. The lowest BCUT2D eigenvalue weighted by Crippen LogP contribution is -2.26. The van der Waals surface area contributed by atoms with Crippen LogP contribution in [0.2, 0.25) is 0 Å². The number of aryl methyl sites for hydroxylation is 1. The van der Waals surface area contributed by atoms with Gasteiger partial charge < -0.3 is 0 Å². The van der Waals surface area contributed by atoms with Crippen LogP contribution < -0.4 is 10.4 Å². The first kappa shape index (κ1) is 9.51. The Morgan fingerprint density at radius 3 is 2.57 bits per heavy atom. The molecule has 0 unspecified atom stereocenters. The molecule has 0 saturated heterocycles. The van der Waals surface area contributed by atoms with Crippen molar-refractivity contribution >= 4 is 12.2 Å². The van der Waals surface area contributed by atoms with E-state index in [0.29, 0.717) is 0 Å². The fourth-order valence-corrected chi connectivity index (χ4v) is 2.13. The second kappa shape index (κ2) is 4.45. The molecule has 0 atom stereocenters. The van der Waals surface area contributed by atoms with Crippen LogP contribution in [0, 0.1) is 6.92 Å². The summed E-state index contributed by atoms with van der Waals surface area (Å²) in [4.78, 5) is 0. The van der Waals surface area contributed by atoms with Crippen LogP contribution >= 0.6 is 0 Å². The minimum Gasteiger partial charge on any atom is -0.0767 e. The third kappa shape index (κ3) is 2.06. The maximum Gasteiger partial charge on any atom is -0.0198 e. The zero-order valence-corrected chi connectivity index (χ0v) is 8.92. The van der Waals surface area contributed by atoms with Crippen molar-refractivity contribution in [2.45, 2.75) is 39.0 Å². The van der Waals surface area contributed by atoms with Gasteiger partial charge in [0.05, 0.1) is 0 Å². The van der Waals surface area contributed by atoms with Gasteiger partial charge in [0, 0.05) is 0 Å². The van der Waals surface area contributed by atoms with Gasteiger partial charge in [0.2, 0.25) is 0 Å². The monoisotopic (exact) mass is 186 g/mol. The molecule has 0 N–H and O–H groups in total. The van der Waals surface area contributed by atoms with E-state index < -0.39 is 0 Å². The average molecular weight is 186 g/mol. The molecule has 0 spiro atoms. The average Bonchev–Trinajstić information content (AvgIpc) is 2.30. The fourth-order valence-electron chi connectivity index (χ4n) is 2.13. The van der Waals surface area contributed by atoms with Crippen LogP contribution in [0.15, 0.2) is 18.2 Å². The highest BCUT2D eigenvalue weighted by Gasteiger charge is 1.94. The molecule has 2 rings (SSSR count). The van der Waals surface area contributed by atoms with Crippen LogP contribution in [-0.4, -0.2) is 0 Å². The Morgan fingerprint density at radius 1 is 0.929 bits per heavy atom. The van der Waals surface area contributed by atoms with Gasteiger partial charge in [-0.05, 0) is 48.6 Å². The molecule has 14 heavy (non-hydrogen) atoms. The van der Waals surface area contributed by atoms with E-state index in [0.717, 1.165) is 0 Å². The highest BCUT2D eigenvalue weighted by Crippen LogP contribution is 2.05. The van der Waals surface area contributed by atoms with E-state index >= 15 is 0 Å². The van der Waals surface area contributed by atoms with E-state index in [1.165, 1.54) is 48.1 Å². The van der Waals surface area contributed by atoms with Gasteiger partial charge in [-0.3, -0.25) is 0 Å². The van der Waals surface area contributed by atoms with E-state index in [1.807, 2.05) is 0 Å². The molecule has 0 heteroatoms. The number of fused-ring (bicyclic) bond motifs is 1. The summed E-state index contributed by atoms with van der Waals surface area (Å²) in [5, 5.41) is 2.90. The second-order valence-electron chi connectivity index (χ2n) is 4.12. The molecule has 1 aromatic rings. The summed E-state index contributed by atoms with van der Waals surface area (Å²) < 4.78 is 0. The summed E-state index contributed by atoms with van der Waals surface area (Å²) in [6.45, 7) is 2.21. The number of hydrogen-bond acceptors (Lipinski definition) is 0. The molecule has 0 aliphatic heterocycles. The third-order valence-corrected chi connectivity index (χ3v) is 2.98. The van der Waals surface area contributed by atoms with Crippen molar-refractivity contribution in [3.05, 3.63) is 34.2 Å². The summed E-state index contributed by atoms with van der Waals surface area (Å²) in [6.07, 6.45) is 11.4. The minimum atomic E-state index is 1.24. The predicted molar refractivity (Wildman–Crippen MR) is 62.4 cm³/mol. The highest BCUT2D eigenvalue weighted by molar-refractivity contribution is 5.35. The highest BCUT2D eigenvalue weighted by atomic mass is 14.0. The van der Waals surface area contributed by atoms with Crippen molar-refractivity contribution in [3.8, 4) is 0 Å². The van der Waals surface area contributed by atoms with E-state index in [2.05, 4.69) is 37.3 Å². The molecule has 0 nitrogen and oxygen atoms in total. The Balaban J connectivity index is 2.59. The molecule has 1 aliphatic rings. The van der Waals surface area contributed by atoms with Gasteiger partial charge in [0.25, 0.3) is 0 Å². The molecule has 0 aromatic heterocycles. The normalized spacial score (nSPS) is 16.6. The lowest BCUT2D eigenvalue weighted by molar-refractivity contribution is 0.716. The lowest BCUT2D eigenvalue weighted by Gasteiger charge is -1.96. The molecule has 0 bridgehead atoms. The summed E-state index contributed by atoms with van der Waals surface area (Å²) in [6, 6.07) is 6.61. The van der Waals surface area contributed by atoms with Crippen molar-refractivity contribution in [2.24, 2.45) is 0 Å². The number of benzene rings is 1. The van der Waals surface area contributed by atoms with Gasteiger partial charge in [0.15, 0.2) is 0 Å². The van der Waals surface area contributed by atoms with Gasteiger partial charge in [-0.2, -0.15) is 0 Å². The van der Waals surface area contributed by atoms with Gasteiger partial charge in [-0.1, -0.05) is 36.8 Å². The summed E-state index contributed by atoms with van der Waals surface area (Å²) in [7, 11) is 0. The van der Waals surface area contributed by atoms with Crippen LogP contribution in [0.5, 0.6) is 0 Å². The molecule has 1 aliphatic carbocycles. The van der Waals surface area contributed by atoms with Crippen molar-refractivity contribution in [2.75, 3.05) is 0 Å². The standard InChI is InChI=1S/C14H18/c1-12-8-7-10-13-9-5-3-2-4-6-11-14(12)13/h7-11H,2-6H2,1H3. The summed E-state index contributed by atoms with van der Waals surface area (Å²) in [5.74, 6) is 0. The molecule has 0 fully saturated rings. The molecule has 74 valence electrons. The Labute approximate surface area is 86.0 Å². The zero-order valence-electron chi connectivity index (χ0n) is 8.92. The molecule has 0 amide bonds. The summed E-state index contributed by atoms with van der Waals surface area (Å²) in [5.41, 5.74) is 1.42. The Bertz CT molecular complexity index is 412. The van der Waals surface area contributed by atoms with Crippen LogP contribution in [0.3, 0.4) is 0 Å². The first-order valence-corrected chi connectivity index (χ1v) is 5.64. The largest absolute Gasteiger partial charge is 0.0767 e. The quantitative estimate of drug-likeness (QED) is 0.584. The van der Waals surface area contributed by atoms with Gasteiger partial charge in [0.1, 0.15) is 0 Å². The Hall–Kier alpha value is -1.04. The van der Waals surface area contributed by atoms with Crippen LogP contribution in [-0.2, 0) is 0 Å².